The molecule has 1 N–H and O–H groups in total. The highest BCUT2D eigenvalue weighted by Crippen LogP contribution is 2.47. The predicted molar refractivity (Wildman–Crippen MR) is 39.1 cm³/mol. The lowest BCUT2D eigenvalue weighted by Crippen LogP contribution is -2.45. The average Bonchev–Trinajstić information content (AvgIpc) is 2.03. The van der Waals surface area contributed by atoms with Crippen molar-refractivity contribution >= 4 is 5.97 Å². The molecule has 1 atom stereocenters. The number of hydrogen-bond acceptors (Lipinski definition) is 1. The number of carboxylic acids is 1. The van der Waals surface area contributed by atoms with Crippen LogP contribution in [0.15, 0.2) is 12.2 Å². The van der Waals surface area contributed by atoms with Gasteiger partial charge < -0.3 is 5.11 Å². The SMILES string of the molecule is O=C(O)C1(C(F)(F)F)CC=CCC1. The monoisotopic (exact) mass is 194 g/mol. The van der Waals surface area contributed by atoms with Crippen LogP contribution >= 0.6 is 0 Å². The van der Waals surface area contributed by atoms with Crippen molar-refractivity contribution < 1.29 is 23.1 Å². The van der Waals surface area contributed by atoms with Crippen LogP contribution in [0.25, 0.3) is 0 Å². The minimum absolute atomic E-state index is 0.172. The first-order valence-corrected chi connectivity index (χ1v) is 3.85. The van der Waals surface area contributed by atoms with Crippen molar-refractivity contribution in [3.8, 4) is 0 Å². The first-order chi connectivity index (χ1) is 5.90. The number of carbonyl (C=O) groups is 1. The van der Waals surface area contributed by atoms with Gasteiger partial charge in [-0.1, -0.05) is 12.2 Å². The van der Waals surface area contributed by atoms with Crippen molar-refractivity contribution in [1.82, 2.24) is 0 Å². The minimum atomic E-state index is -4.66. The van der Waals surface area contributed by atoms with E-state index < -0.39 is 24.0 Å². The molecule has 5 heteroatoms. The van der Waals surface area contributed by atoms with Gasteiger partial charge in [0.15, 0.2) is 5.41 Å². The third-order valence-electron chi connectivity index (χ3n) is 2.32. The Bertz CT molecular complexity index is 244. The number of allylic oxidation sites excluding steroid dienone is 2. The van der Waals surface area contributed by atoms with E-state index in [9.17, 15) is 18.0 Å². The lowest BCUT2D eigenvalue weighted by atomic mass is 9.76. The maximum Gasteiger partial charge on any atom is 0.405 e. The largest absolute Gasteiger partial charge is 0.481 e. The van der Waals surface area contributed by atoms with E-state index in [4.69, 9.17) is 5.11 Å². The predicted octanol–water partition coefficient (Wildman–Crippen LogP) is 2.36. The van der Waals surface area contributed by atoms with Crippen LogP contribution in [0.1, 0.15) is 19.3 Å². The van der Waals surface area contributed by atoms with E-state index in [0.717, 1.165) is 0 Å². The minimum Gasteiger partial charge on any atom is -0.481 e. The molecular formula is C8H9F3O2. The molecule has 0 heterocycles. The van der Waals surface area contributed by atoms with Crippen molar-refractivity contribution in [2.45, 2.75) is 25.4 Å². The number of carboxylic acid groups (broad SMARTS) is 1. The number of hydrogen-bond donors (Lipinski definition) is 1. The highest BCUT2D eigenvalue weighted by Gasteiger charge is 2.59. The van der Waals surface area contributed by atoms with Gasteiger partial charge in [-0.05, 0) is 19.3 Å². The van der Waals surface area contributed by atoms with Gasteiger partial charge in [0.05, 0.1) is 0 Å². The Labute approximate surface area is 73.1 Å². The summed E-state index contributed by atoms with van der Waals surface area (Å²) in [7, 11) is 0. The van der Waals surface area contributed by atoms with Gasteiger partial charge in [-0.2, -0.15) is 13.2 Å². The van der Waals surface area contributed by atoms with Crippen molar-refractivity contribution in [3.05, 3.63) is 12.2 Å². The fraction of sp³-hybridized carbons (Fsp3) is 0.625. The molecule has 0 fully saturated rings. The van der Waals surface area contributed by atoms with Crippen molar-refractivity contribution in [1.29, 1.82) is 0 Å². The van der Waals surface area contributed by atoms with E-state index in [-0.39, 0.29) is 12.8 Å². The fourth-order valence-electron chi connectivity index (χ4n) is 1.41. The van der Waals surface area contributed by atoms with E-state index in [0.29, 0.717) is 0 Å². The summed E-state index contributed by atoms with van der Waals surface area (Å²) in [4.78, 5) is 10.6. The van der Waals surface area contributed by atoms with Crippen LogP contribution in [-0.4, -0.2) is 17.3 Å². The van der Waals surface area contributed by atoms with Crippen molar-refractivity contribution in [3.63, 3.8) is 0 Å². The van der Waals surface area contributed by atoms with Gasteiger partial charge in [0.2, 0.25) is 0 Å². The lowest BCUT2D eigenvalue weighted by Gasteiger charge is -2.32. The van der Waals surface area contributed by atoms with Crippen molar-refractivity contribution in [2.24, 2.45) is 5.41 Å². The highest BCUT2D eigenvalue weighted by atomic mass is 19.4. The molecule has 2 nitrogen and oxygen atoms in total. The van der Waals surface area contributed by atoms with Gasteiger partial charge in [-0.15, -0.1) is 0 Å². The smallest absolute Gasteiger partial charge is 0.405 e. The van der Waals surface area contributed by atoms with Gasteiger partial charge >= 0.3 is 12.1 Å². The standard InChI is InChI=1S/C8H9F3O2/c9-8(10,11)7(6(12)13)4-2-1-3-5-7/h1-2H,3-5H2,(H,12,13). The molecule has 0 aliphatic heterocycles. The number of halogens is 3. The summed E-state index contributed by atoms with van der Waals surface area (Å²) in [6, 6.07) is 0. The summed E-state index contributed by atoms with van der Waals surface area (Å²) < 4.78 is 37.3. The van der Waals surface area contributed by atoms with Gasteiger partial charge in [0, 0.05) is 0 Å². The molecule has 1 rings (SSSR count). The van der Waals surface area contributed by atoms with Crippen LogP contribution in [-0.2, 0) is 4.79 Å². The zero-order valence-corrected chi connectivity index (χ0v) is 6.77. The van der Waals surface area contributed by atoms with E-state index in [1.807, 2.05) is 0 Å². The summed E-state index contributed by atoms with van der Waals surface area (Å²) in [5, 5.41) is 8.57. The topological polar surface area (TPSA) is 37.3 Å². The third-order valence-corrected chi connectivity index (χ3v) is 2.32. The van der Waals surface area contributed by atoms with Crippen molar-refractivity contribution in [2.75, 3.05) is 0 Å². The molecule has 0 aromatic carbocycles. The Balaban J connectivity index is 3.01. The summed E-state index contributed by atoms with van der Waals surface area (Å²) >= 11 is 0. The van der Waals surface area contributed by atoms with Gasteiger partial charge in [-0.3, -0.25) is 4.79 Å². The molecule has 1 unspecified atom stereocenters. The lowest BCUT2D eigenvalue weighted by molar-refractivity contribution is -0.233. The molecule has 74 valence electrons. The Hall–Kier alpha value is -1.00. The molecule has 0 radical (unpaired) electrons. The van der Waals surface area contributed by atoms with Gasteiger partial charge in [-0.25, -0.2) is 0 Å². The molecule has 13 heavy (non-hydrogen) atoms. The van der Waals surface area contributed by atoms with Gasteiger partial charge in [0.1, 0.15) is 0 Å². The van der Waals surface area contributed by atoms with E-state index in [1.165, 1.54) is 6.08 Å². The van der Waals surface area contributed by atoms with E-state index in [1.54, 1.807) is 6.08 Å². The maximum atomic E-state index is 12.4. The maximum absolute atomic E-state index is 12.4. The molecule has 0 amide bonds. The quantitative estimate of drug-likeness (QED) is 0.650. The second-order valence-electron chi connectivity index (χ2n) is 3.10. The summed E-state index contributed by atoms with van der Waals surface area (Å²) in [5.74, 6) is -1.77. The molecule has 1 aliphatic carbocycles. The Morgan fingerprint density at radius 2 is 2.00 bits per heavy atom. The molecular weight excluding hydrogens is 185 g/mol. The molecule has 1 aliphatic rings. The Morgan fingerprint density at radius 1 is 1.38 bits per heavy atom. The first kappa shape index (κ1) is 10.1. The van der Waals surface area contributed by atoms with Crippen LogP contribution in [0.4, 0.5) is 13.2 Å². The summed E-state index contributed by atoms with van der Waals surface area (Å²) in [6.45, 7) is 0. The van der Waals surface area contributed by atoms with E-state index in [2.05, 4.69) is 0 Å². The number of alkyl halides is 3. The highest BCUT2D eigenvalue weighted by molar-refractivity contribution is 5.76. The normalized spacial score (nSPS) is 28.8. The van der Waals surface area contributed by atoms with Crippen LogP contribution in [0.5, 0.6) is 0 Å². The number of aliphatic carboxylic acids is 1. The Morgan fingerprint density at radius 3 is 2.23 bits per heavy atom. The third kappa shape index (κ3) is 1.55. The zero-order valence-electron chi connectivity index (χ0n) is 6.77. The van der Waals surface area contributed by atoms with Crippen LogP contribution < -0.4 is 0 Å². The molecule has 0 spiro atoms. The molecule has 0 saturated carbocycles. The molecule has 0 bridgehead atoms. The summed E-state index contributed by atoms with van der Waals surface area (Å²) in [5.41, 5.74) is -2.55. The second kappa shape index (κ2) is 3.05. The Kier molecular flexibility index (Phi) is 2.36. The van der Waals surface area contributed by atoms with Gasteiger partial charge in [0.25, 0.3) is 0 Å². The fourth-order valence-corrected chi connectivity index (χ4v) is 1.41. The summed E-state index contributed by atoms with van der Waals surface area (Å²) in [6.07, 6.45) is -2.44. The van der Waals surface area contributed by atoms with Crippen LogP contribution in [0.2, 0.25) is 0 Å². The molecule has 0 aromatic heterocycles. The van der Waals surface area contributed by atoms with Crippen LogP contribution in [0, 0.1) is 5.41 Å². The second-order valence-corrected chi connectivity index (χ2v) is 3.10. The average molecular weight is 194 g/mol. The molecule has 0 saturated heterocycles. The van der Waals surface area contributed by atoms with E-state index >= 15 is 0 Å². The van der Waals surface area contributed by atoms with Crippen LogP contribution in [0.3, 0.4) is 0 Å². The zero-order chi connectivity index (χ0) is 10.1. The number of rotatable bonds is 1. The molecule has 0 aromatic rings. The first-order valence-electron chi connectivity index (χ1n) is 3.85.